The molecule has 2 rings (SSSR count). The zero-order valence-electron chi connectivity index (χ0n) is 12.4. The van der Waals surface area contributed by atoms with Crippen LogP contribution in [0.15, 0.2) is 6.07 Å². The third-order valence-corrected chi connectivity index (χ3v) is 3.53. The third kappa shape index (κ3) is 3.00. The minimum absolute atomic E-state index is 0.192. The SMILES string of the molecule is CC(C)(C)c1nc(N)cc(N2CCCCC2C(N)=O)n1. The average molecular weight is 277 g/mol. The van der Waals surface area contributed by atoms with E-state index in [1.54, 1.807) is 6.07 Å². The van der Waals surface area contributed by atoms with E-state index < -0.39 is 0 Å². The van der Waals surface area contributed by atoms with E-state index in [9.17, 15) is 4.79 Å². The Balaban J connectivity index is 2.40. The van der Waals surface area contributed by atoms with E-state index in [2.05, 4.69) is 9.97 Å². The summed E-state index contributed by atoms with van der Waals surface area (Å²) in [6, 6.07) is 1.42. The molecule has 0 aromatic carbocycles. The smallest absolute Gasteiger partial charge is 0.240 e. The maximum atomic E-state index is 11.6. The lowest BCUT2D eigenvalue weighted by molar-refractivity contribution is -0.119. The van der Waals surface area contributed by atoms with Crippen molar-refractivity contribution < 1.29 is 4.79 Å². The number of amides is 1. The van der Waals surface area contributed by atoms with Gasteiger partial charge in [0.05, 0.1) is 0 Å². The summed E-state index contributed by atoms with van der Waals surface area (Å²) in [5.41, 5.74) is 11.2. The Kier molecular flexibility index (Phi) is 3.83. The molecule has 1 amide bonds. The Morgan fingerprint density at radius 3 is 2.65 bits per heavy atom. The highest BCUT2D eigenvalue weighted by Gasteiger charge is 2.29. The number of nitrogens with zero attached hydrogens (tertiary/aromatic N) is 3. The van der Waals surface area contributed by atoms with Crippen LogP contribution < -0.4 is 16.4 Å². The molecule has 0 aliphatic carbocycles. The second kappa shape index (κ2) is 5.26. The largest absolute Gasteiger partial charge is 0.384 e. The van der Waals surface area contributed by atoms with Gasteiger partial charge in [-0.15, -0.1) is 0 Å². The van der Waals surface area contributed by atoms with Gasteiger partial charge in [-0.1, -0.05) is 20.8 Å². The average Bonchev–Trinajstić information content (AvgIpc) is 2.37. The third-order valence-electron chi connectivity index (χ3n) is 3.53. The Morgan fingerprint density at radius 2 is 2.05 bits per heavy atom. The molecule has 1 atom stereocenters. The molecule has 1 unspecified atom stereocenters. The van der Waals surface area contributed by atoms with Gasteiger partial charge in [0.1, 0.15) is 23.5 Å². The van der Waals surface area contributed by atoms with Crippen LogP contribution >= 0.6 is 0 Å². The van der Waals surface area contributed by atoms with Crippen LogP contribution in [0.4, 0.5) is 11.6 Å². The fraction of sp³-hybridized carbons (Fsp3) is 0.643. The first-order valence-corrected chi connectivity index (χ1v) is 7.00. The predicted octanol–water partition coefficient (Wildman–Crippen LogP) is 1.20. The maximum Gasteiger partial charge on any atom is 0.240 e. The number of carbonyl (C=O) groups is 1. The molecule has 6 heteroatoms. The van der Waals surface area contributed by atoms with Crippen LogP contribution in [0.25, 0.3) is 0 Å². The van der Waals surface area contributed by atoms with Crippen molar-refractivity contribution in [1.29, 1.82) is 0 Å². The molecule has 0 saturated carbocycles. The standard InChI is InChI=1S/C14H23N5O/c1-14(2,3)13-17-10(15)8-11(18-13)19-7-5-4-6-9(19)12(16)20/h8-9H,4-7H2,1-3H3,(H2,16,20)(H2,15,17,18). The van der Waals surface area contributed by atoms with Crippen LogP contribution in [-0.2, 0) is 10.2 Å². The molecule has 0 radical (unpaired) electrons. The molecular weight excluding hydrogens is 254 g/mol. The summed E-state index contributed by atoms with van der Waals surface area (Å²) in [4.78, 5) is 22.5. The first-order valence-electron chi connectivity index (χ1n) is 7.00. The molecule has 1 fully saturated rings. The molecule has 4 N–H and O–H groups in total. The van der Waals surface area contributed by atoms with Crippen molar-refractivity contribution in [3.8, 4) is 0 Å². The normalized spacial score (nSPS) is 19.9. The van der Waals surface area contributed by atoms with Gasteiger partial charge in [-0.05, 0) is 19.3 Å². The number of nitrogens with two attached hydrogens (primary N) is 2. The molecule has 110 valence electrons. The zero-order valence-corrected chi connectivity index (χ0v) is 12.4. The minimum atomic E-state index is -0.306. The van der Waals surface area contributed by atoms with Crippen molar-refractivity contribution in [1.82, 2.24) is 9.97 Å². The molecular formula is C14H23N5O. The lowest BCUT2D eigenvalue weighted by Gasteiger charge is -2.35. The van der Waals surface area contributed by atoms with Crippen LogP contribution in [0.2, 0.25) is 0 Å². The minimum Gasteiger partial charge on any atom is -0.384 e. The van der Waals surface area contributed by atoms with Crippen molar-refractivity contribution in [3.63, 3.8) is 0 Å². The number of primary amides is 1. The lowest BCUT2D eigenvalue weighted by Crippen LogP contribution is -2.48. The van der Waals surface area contributed by atoms with Crippen molar-refractivity contribution in [3.05, 3.63) is 11.9 Å². The summed E-state index contributed by atoms with van der Waals surface area (Å²) in [6.45, 7) is 6.88. The van der Waals surface area contributed by atoms with Crippen LogP contribution in [0, 0.1) is 0 Å². The Hall–Kier alpha value is -1.85. The van der Waals surface area contributed by atoms with Gasteiger partial charge < -0.3 is 16.4 Å². The quantitative estimate of drug-likeness (QED) is 0.846. The summed E-state index contributed by atoms with van der Waals surface area (Å²) in [6.07, 6.45) is 2.80. The summed E-state index contributed by atoms with van der Waals surface area (Å²) >= 11 is 0. The summed E-state index contributed by atoms with van der Waals surface area (Å²) < 4.78 is 0. The molecule has 1 saturated heterocycles. The number of hydrogen-bond acceptors (Lipinski definition) is 5. The van der Waals surface area contributed by atoms with E-state index in [-0.39, 0.29) is 17.4 Å². The van der Waals surface area contributed by atoms with Crippen LogP contribution in [0.3, 0.4) is 0 Å². The molecule has 6 nitrogen and oxygen atoms in total. The van der Waals surface area contributed by atoms with Crippen LogP contribution in [-0.4, -0.2) is 28.5 Å². The highest BCUT2D eigenvalue weighted by molar-refractivity contribution is 5.83. The van der Waals surface area contributed by atoms with E-state index in [4.69, 9.17) is 11.5 Å². The number of piperidine rings is 1. The highest BCUT2D eigenvalue weighted by atomic mass is 16.1. The van der Waals surface area contributed by atoms with E-state index >= 15 is 0 Å². The van der Waals surface area contributed by atoms with E-state index in [0.717, 1.165) is 25.8 Å². The fourth-order valence-electron chi connectivity index (χ4n) is 2.44. The van der Waals surface area contributed by atoms with Gasteiger partial charge in [0.2, 0.25) is 5.91 Å². The zero-order chi connectivity index (χ0) is 14.9. The first kappa shape index (κ1) is 14.6. The maximum absolute atomic E-state index is 11.6. The Labute approximate surface area is 119 Å². The Morgan fingerprint density at radius 1 is 1.35 bits per heavy atom. The number of carbonyl (C=O) groups excluding carboxylic acids is 1. The number of rotatable bonds is 2. The van der Waals surface area contributed by atoms with E-state index in [0.29, 0.717) is 17.5 Å². The van der Waals surface area contributed by atoms with Gasteiger partial charge in [0.25, 0.3) is 0 Å². The molecule has 0 spiro atoms. The van der Waals surface area contributed by atoms with Gasteiger partial charge in [0, 0.05) is 18.0 Å². The van der Waals surface area contributed by atoms with Crippen molar-refractivity contribution >= 4 is 17.5 Å². The fourth-order valence-corrected chi connectivity index (χ4v) is 2.44. The van der Waals surface area contributed by atoms with Crippen molar-refractivity contribution in [2.45, 2.75) is 51.5 Å². The second-order valence-corrected chi connectivity index (χ2v) is 6.33. The monoisotopic (exact) mass is 277 g/mol. The molecule has 0 bridgehead atoms. The summed E-state index contributed by atoms with van der Waals surface area (Å²) in [7, 11) is 0. The Bertz CT molecular complexity index is 509. The molecule has 2 heterocycles. The van der Waals surface area contributed by atoms with Gasteiger partial charge in [0.15, 0.2) is 0 Å². The number of aromatic nitrogens is 2. The number of nitrogen functional groups attached to an aromatic ring is 1. The van der Waals surface area contributed by atoms with Gasteiger partial charge >= 0.3 is 0 Å². The lowest BCUT2D eigenvalue weighted by atomic mass is 9.95. The first-order chi connectivity index (χ1) is 9.29. The topological polar surface area (TPSA) is 98.1 Å². The number of anilines is 2. The van der Waals surface area contributed by atoms with Gasteiger partial charge in [-0.2, -0.15) is 0 Å². The summed E-state index contributed by atoms with van der Waals surface area (Å²) in [5.74, 6) is 1.50. The molecule has 1 aliphatic rings. The van der Waals surface area contributed by atoms with Gasteiger partial charge in [-0.25, -0.2) is 9.97 Å². The predicted molar refractivity (Wildman–Crippen MR) is 79.3 cm³/mol. The highest BCUT2D eigenvalue weighted by Crippen LogP contribution is 2.27. The molecule has 1 aromatic rings. The summed E-state index contributed by atoms with van der Waals surface area (Å²) in [5, 5.41) is 0. The van der Waals surface area contributed by atoms with Crippen molar-refractivity contribution in [2.75, 3.05) is 17.2 Å². The molecule has 1 aliphatic heterocycles. The van der Waals surface area contributed by atoms with Crippen LogP contribution in [0.1, 0.15) is 45.9 Å². The van der Waals surface area contributed by atoms with Gasteiger partial charge in [-0.3, -0.25) is 4.79 Å². The van der Waals surface area contributed by atoms with E-state index in [1.807, 2.05) is 25.7 Å². The van der Waals surface area contributed by atoms with Crippen LogP contribution in [0.5, 0.6) is 0 Å². The number of hydrogen-bond donors (Lipinski definition) is 2. The van der Waals surface area contributed by atoms with E-state index in [1.165, 1.54) is 0 Å². The van der Waals surface area contributed by atoms with Crippen molar-refractivity contribution in [2.24, 2.45) is 5.73 Å². The second-order valence-electron chi connectivity index (χ2n) is 6.33. The molecule has 1 aromatic heterocycles. The molecule has 20 heavy (non-hydrogen) atoms.